The fourth-order valence-electron chi connectivity index (χ4n) is 4.97. The molecule has 0 spiro atoms. The molecule has 8 nitrogen and oxygen atoms in total. The van der Waals surface area contributed by atoms with Crippen molar-refractivity contribution in [3.63, 3.8) is 0 Å². The molecule has 9 heteroatoms. The van der Waals surface area contributed by atoms with Gasteiger partial charge in [0.15, 0.2) is 0 Å². The summed E-state index contributed by atoms with van der Waals surface area (Å²) in [5.74, 6) is 1.93. The van der Waals surface area contributed by atoms with Crippen molar-refractivity contribution in [2.75, 3.05) is 45.0 Å². The van der Waals surface area contributed by atoms with E-state index in [0.29, 0.717) is 41.5 Å². The quantitative estimate of drug-likeness (QED) is 0.465. The predicted molar refractivity (Wildman–Crippen MR) is 139 cm³/mol. The molecule has 2 heterocycles. The molecule has 1 saturated heterocycles. The summed E-state index contributed by atoms with van der Waals surface area (Å²) in [4.78, 5) is 23.3. The lowest BCUT2D eigenvalue weighted by atomic mass is 9.88. The van der Waals surface area contributed by atoms with E-state index in [9.17, 15) is 9.18 Å². The van der Waals surface area contributed by atoms with Gasteiger partial charge in [0.05, 0.1) is 18.7 Å². The van der Waals surface area contributed by atoms with Crippen LogP contribution in [0.1, 0.15) is 54.2 Å². The van der Waals surface area contributed by atoms with Crippen LogP contribution >= 0.6 is 0 Å². The number of methoxy groups -OCH3 is 2. The maximum atomic E-state index is 14.9. The molecule has 36 heavy (non-hydrogen) atoms. The van der Waals surface area contributed by atoms with E-state index in [4.69, 9.17) is 15.2 Å². The highest BCUT2D eigenvalue weighted by molar-refractivity contribution is 5.91. The zero-order chi connectivity index (χ0) is 26.0. The number of amides is 1. The van der Waals surface area contributed by atoms with Crippen LogP contribution in [0.4, 0.5) is 15.9 Å². The Labute approximate surface area is 211 Å². The molecule has 0 aliphatic carbocycles. The predicted octanol–water partition coefficient (Wildman–Crippen LogP) is 4.50. The summed E-state index contributed by atoms with van der Waals surface area (Å²) >= 11 is 0. The van der Waals surface area contributed by atoms with Gasteiger partial charge in [-0.2, -0.15) is 0 Å². The van der Waals surface area contributed by atoms with E-state index in [-0.39, 0.29) is 30.3 Å². The molecule has 192 valence electrons. The standard InChI is InChI=1S/C27H34FN5O3/c1-15-10-19(29)11-20(26(15)28)16(2)30-27-22-12-21(24(36-5)13-23(22)31-17(3)32-27)18-6-8-33(9-7-18)25(34)14-35-4/h10-13,16,18H,6-9,14,29H2,1-5H3,(H,30,31,32)/t16-/m1/s1. The Bertz CT molecular complexity index is 1270. The number of rotatable bonds is 7. The van der Waals surface area contributed by atoms with Gasteiger partial charge in [-0.3, -0.25) is 4.79 Å². The number of nitrogens with two attached hydrogens (primary N) is 1. The highest BCUT2D eigenvalue weighted by Gasteiger charge is 2.27. The molecular formula is C27H34FN5O3. The van der Waals surface area contributed by atoms with Crippen LogP contribution in [0.5, 0.6) is 5.75 Å². The van der Waals surface area contributed by atoms with Gasteiger partial charge in [-0.25, -0.2) is 14.4 Å². The molecule has 0 radical (unpaired) electrons. The molecular weight excluding hydrogens is 461 g/mol. The molecule has 4 rings (SSSR count). The lowest BCUT2D eigenvalue weighted by molar-refractivity contribution is -0.136. The number of benzene rings is 2. The van der Waals surface area contributed by atoms with Crippen LogP contribution in [-0.4, -0.2) is 54.7 Å². The zero-order valence-electron chi connectivity index (χ0n) is 21.5. The van der Waals surface area contributed by atoms with Gasteiger partial charge in [-0.05, 0) is 68.9 Å². The second-order valence-corrected chi connectivity index (χ2v) is 9.43. The largest absolute Gasteiger partial charge is 0.496 e. The maximum Gasteiger partial charge on any atom is 0.248 e. The average Bonchev–Trinajstić information content (AvgIpc) is 2.85. The number of halogens is 1. The van der Waals surface area contributed by atoms with Gasteiger partial charge in [0.2, 0.25) is 5.91 Å². The van der Waals surface area contributed by atoms with Gasteiger partial charge in [-0.15, -0.1) is 0 Å². The number of carbonyl (C=O) groups is 1. The van der Waals surface area contributed by atoms with E-state index < -0.39 is 0 Å². The molecule has 1 fully saturated rings. The molecule has 0 saturated carbocycles. The van der Waals surface area contributed by atoms with Gasteiger partial charge in [0.1, 0.15) is 29.8 Å². The number of hydrogen-bond acceptors (Lipinski definition) is 7. The van der Waals surface area contributed by atoms with E-state index in [1.165, 1.54) is 7.11 Å². The van der Waals surface area contributed by atoms with Gasteiger partial charge in [0, 0.05) is 42.9 Å². The summed E-state index contributed by atoms with van der Waals surface area (Å²) in [6, 6.07) is 6.92. The Hall–Kier alpha value is -3.46. The summed E-state index contributed by atoms with van der Waals surface area (Å²) in [5, 5.41) is 4.22. The highest BCUT2D eigenvalue weighted by Crippen LogP contribution is 2.39. The minimum Gasteiger partial charge on any atom is -0.496 e. The van der Waals surface area contributed by atoms with Crippen LogP contribution in [-0.2, 0) is 9.53 Å². The average molecular weight is 496 g/mol. The van der Waals surface area contributed by atoms with E-state index in [1.807, 2.05) is 24.8 Å². The first-order valence-electron chi connectivity index (χ1n) is 12.2. The van der Waals surface area contributed by atoms with Crippen LogP contribution < -0.4 is 15.8 Å². The maximum absolute atomic E-state index is 14.9. The molecule has 0 unspecified atom stereocenters. The Morgan fingerprint density at radius 1 is 1.19 bits per heavy atom. The number of likely N-dealkylation sites (tertiary alicyclic amines) is 1. The molecule has 1 aliphatic heterocycles. The minimum absolute atomic E-state index is 0.00907. The van der Waals surface area contributed by atoms with Crippen molar-refractivity contribution in [2.45, 2.75) is 45.6 Å². The second kappa shape index (κ2) is 10.7. The molecule has 0 bridgehead atoms. The molecule has 1 aromatic heterocycles. The summed E-state index contributed by atoms with van der Waals surface area (Å²) in [7, 11) is 3.19. The van der Waals surface area contributed by atoms with E-state index in [2.05, 4.69) is 21.4 Å². The number of anilines is 2. The number of aromatic nitrogens is 2. The normalized spacial score (nSPS) is 15.2. The van der Waals surface area contributed by atoms with Crippen molar-refractivity contribution in [3.8, 4) is 5.75 Å². The number of fused-ring (bicyclic) bond motifs is 1. The zero-order valence-corrected chi connectivity index (χ0v) is 21.5. The summed E-state index contributed by atoms with van der Waals surface area (Å²) in [6.07, 6.45) is 1.63. The third kappa shape index (κ3) is 5.21. The lowest BCUT2D eigenvalue weighted by Crippen LogP contribution is -2.39. The van der Waals surface area contributed by atoms with Crippen LogP contribution in [0.15, 0.2) is 24.3 Å². The molecule has 3 N–H and O–H groups in total. The number of nitrogen functional groups attached to an aromatic ring is 1. The fraction of sp³-hybridized carbons (Fsp3) is 0.444. The van der Waals surface area contributed by atoms with E-state index >= 15 is 0 Å². The number of nitrogens with one attached hydrogen (secondary N) is 1. The Balaban J connectivity index is 1.68. The topological polar surface area (TPSA) is 103 Å². The van der Waals surface area contributed by atoms with Gasteiger partial charge in [-0.1, -0.05) is 0 Å². The summed E-state index contributed by atoms with van der Waals surface area (Å²) in [5.41, 5.74) is 9.29. The highest BCUT2D eigenvalue weighted by atomic mass is 19.1. The summed E-state index contributed by atoms with van der Waals surface area (Å²) in [6.45, 7) is 6.84. The Kier molecular flexibility index (Phi) is 7.59. The number of nitrogens with zero attached hydrogens (tertiary/aromatic N) is 3. The third-order valence-corrected chi connectivity index (χ3v) is 6.84. The first kappa shape index (κ1) is 25.6. The fourth-order valence-corrected chi connectivity index (χ4v) is 4.97. The van der Waals surface area contributed by atoms with Crippen molar-refractivity contribution in [3.05, 3.63) is 52.6 Å². The monoisotopic (exact) mass is 495 g/mol. The molecule has 3 aromatic rings. The van der Waals surface area contributed by atoms with Crippen molar-refractivity contribution < 1.29 is 18.7 Å². The van der Waals surface area contributed by atoms with Crippen LogP contribution in [0.25, 0.3) is 10.9 Å². The molecule has 1 amide bonds. The Morgan fingerprint density at radius 2 is 1.92 bits per heavy atom. The SMILES string of the molecule is COCC(=O)N1CCC(c2cc3c(N[C@H](C)c4cc(N)cc(C)c4F)nc(C)nc3cc2OC)CC1. The van der Waals surface area contributed by atoms with E-state index in [0.717, 1.165) is 35.1 Å². The van der Waals surface area contributed by atoms with E-state index in [1.54, 1.807) is 26.2 Å². The molecule has 1 aliphatic rings. The smallest absolute Gasteiger partial charge is 0.248 e. The number of hydrogen-bond donors (Lipinski definition) is 2. The van der Waals surface area contributed by atoms with Crippen molar-refractivity contribution in [2.24, 2.45) is 0 Å². The van der Waals surface area contributed by atoms with Crippen molar-refractivity contribution in [1.29, 1.82) is 0 Å². The van der Waals surface area contributed by atoms with Gasteiger partial charge in [0.25, 0.3) is 0 Å². The van der Waals surface area contributed by atoms with Crippen LogP contribution in [0.2, 0.25) is 0 Å². The van der Waals surface area contributed by atoms with Crippen LogP contribution in [0, 0.1) is 19.7 Å². The number of carbonyl (C=O) groups excluding carboxylic acids is 1. The number of aryl methyl sites for hydroxylation is 2. The third-order valence-electron chi connectivity index (χ3n) is 6.84. The van der Waals surface area contributed by atoms with Gasteiger partial charge < -0.3 is 25.4 Å². The first-order valence-corrected chi connectivity index (χ1v) is 12.2. The molecule has 1 atom stereocenters. The first-order chi connectivity index (χ1) is 17.2. The minimum atomic E-state index is -0.370. The second-order valence-electron chi connectivity index (χ2n) is 9.43. The summed E-state index contributed by atoms with van der Waals surface area (Å²) < 4.78 is 25.6. The van der Waals surface area contributed by atoms with Crippen molar-refractivity contribution >= 4 is 28.3 Å². The molecule has 2 aromatic carbocycles. The Morgan fingerprint density at radius 3 is 2.58 bits per heavy atom. The number of ether oxygens (including phenoxy) is 2. The van der Waals surface area contributed by atoms with Crippen molar-refractivity contribution in [1.82, 2.24) is 14.9 Å². The van der Waals surface area contributed by atoms with Gasteiger partial charge >= 0.3 is 0 Å². The number of piperidine rings is 1. The van der Waals surface area contributed by atoms with Crippen LogP contribution in [0.3, 0.4) is 0 Å². The lowest BCUT2D eigenvalue weighted by Gasteiger charge is -2.33.